The van der Waals surface area contributed by atoms with Crippen LogP contribution in [0.1, 0.15) is 28.4 Å². The number of nitriles is 1. The van der Waals surface area contributed by atoms with Crippen LogP contribution in [0.15, 0.2) is 66.1 Å². The molecule has 0 saturated carbocycles. The average molecular weight is 384 g/mol. The second kappa shape index (κ2) is 9.12. The van der Waals surface area contributed by atoms with E-state index in [4.69, 9.17) is 10.00 Å². The molecule has 2 aromatic carbocycles. The van der Waals surface area contributed by atoms with E-state index in [2.05, 4.69) is 6.58 Å². The van der Waals surface area contributed by atoms with Crippen molar-refractivity contribution < 1.29 is 17.9 Å². The summed E-state index contributed by atoms with van der Waals surface area (Å²) in [6.07, 6.45) is 1.49. The zero-order valence-corrected chi connectivity index (χ0v) is 15.8. The summed E-state index contributed by atoms with van der Waals surface area (Å²) >= 11 is 0. The number of carbonyl (C=O) groups excluding carboxylic acids is 1. The van der Waals surface area contributed by atoms with Gasteiger partial charge >= 0.3 is 5.97 Å². The highest BCUT2D eigenvalue weighted by Gasteiger charge is 2.25. The highest BCUT2D eigenvalue weighted by molar-refractivity contribution is 7.89. The topological polar surface area (TPSA) is 87.5 Å². The lowest BCUT2D eigenvalue weighted by atomic mass is 10.1. The SMILES string of the molecule is C=CCN(Cc1cccc(C#N)c1)S(=O)(=O)c1cccc(C(=O)OCC)c1. The molecule has 27 heavy (non-hydrogen) atoms. The van der Waals surface area contributed by atoms with E-state index >= 15 is 0 Å². The van der Waals surface area contributed by atoms with Crippen molar-refractivity contribution in [3.8, 4) is 6.07 Å². The molecule has 140 valence electrons. The summed E-state index contributed by atoms with van der Waals surface area (Å²) in [6, 6.07) is 14.5. The molecule has 0 N–H and O–H groups in total. The molecule has 0 aliphatic rings. The molecule has 0 heterocycles. The van der Waals surface area contributed by atoms with Crippen LogP contribution in [-0.4, -0.2) is 31.8 Å². The Bertz CT molecular complexity index is 977. The van der Waals surface area contributed by atoms with Gasteiger partial charge in [-0.2, -0.15) is 9.57 Å². The Balaban J connectivity index is 2.37. The highest BCUT2D eigenvalue weighted by Crippen LogP contribution is 2.20. The van der Waals surface area contributed by atoms with Crippen LogP contribution in [0.5, 0.6) is 0 Å². The van der Waals surface area contributed by atoms with Crippen LogP contribution in [-0.2, 0) is 21.3 Å². The molecule has 0 spiro atoms. The van der Waals surface area contributed by atoms with Crippen molar-refractivity contribution >= 4 is 16.0 Å². The number of rotatable bonds is 8. The number of ether oxygens (including phenoxy) is 1. The van der Waals surface area contributed by atoms with Crippen molar-refractivity contribution in [1.29, 1.82) is 5.26 Å². The van der Waals surface area contributed by atoms with Crippen LogP contribution < -0.4 is 0 Å². The van der Waals surface area contributed by atoms with E-state index in [9.17, 15) is 13.2 Å². The Hall–Kier alpha value is -2.95. The van der Waals surface area contributed by atoms with E-state index in [1.165, 1.54) is 34.6 Å². The van der Waals surface area contributed by atoms with Gasteiger partial charge in [0.25, 0.3) is 0 Å². The van der Waals surface area contributed by atoms with Gasteiger partial charge in [-0.05, 0) is 42.8 Å². The number of benzene rings is 2. The molecule has 0 fully saturated rings. The molecule has 6 nitrogen and oxygen atoms in total. The van der Waals surface area contributed by atoms with Gasteiger partial charge in [-0.1, -0.05) is 24.3 Å². The number of carbonyl (C=O) groups is 1. The lowest BCUT2D eigenvalue weighted by Gasteiger charge is -2.21. The first-order valence-corrected chi connectivity index (χ1v) is 9.73. The van der Waals surface area contributed by atoms with Crippen molar-refractivity contribution in [2.24, 2.45) is 0 Å². The van der Waals surface area contributed by atoms with Gasteiger partial charge in [0, 0.05) is 13.1 Å². The molecule has 0 aliphatic carbocycles. The molecular formula is C20H20N2O4S. The third-order valence-corrected chi connectivity index (χ3v) is 5.54. The summed E-state index contributed by atoms with van der Waals surface area (Å²) in [6.45, 7) is 5.67. The zero-order valence-electron chi connectivity index (χ0n) is 15.0. The molecule has 0 radical (unpaired) electrons. The average Bonchev–Trinajstić information content (AvgIpc) is 2.68. The van der Waals surface area contributed by atoms with Gasteiger partial charge in [-0.25, -0.2) is 13.2 Å². The van der Waals surface area contributed by atoms with Gasteiger partial charge in [0.1, 0.15) is 0 Å². The van der Waals surface area contributed by atoms with Gasteiger partial charge in [0.05, 0.1) is 28.7 Å². The van der Waals surface area contributed by atoms with Crippen molar-refractivity contribution in [3.63, 3.8) is 0 Å². The van der Waals surface area contributed by atoms with Crippen molar-refractivity contribution in [2.45, 2.75) is 18.4 Å². The second-order valence-electron chi connectivity index (χ2n) is 5.65. The number of sulfonamides is 1. The summed E-state index contributed by atoms with van der Waals surface area (Å²) in [7, 11) is -3.88. The maximum absolute atomic E-state index is 13.1. The fourth-order valence-corrected chi connectivity index (χ4v) is 3.93. The molecule has 0 amide bonds. The van der Waals surface area contributed by atoms with E-state index in [1.54, 1.807) is 31.2 Å². The van der Waals surface area contributed by atoms with Crippen LogP contribution in [0.25, 0.3) is 0 Å². The normalized spacial score (nSPS) is 11.0. The molecule has 2 rings (SSSR count). The molecule has 0 aromatic heterocycles. The van der Waals surface area contributed by atoms with E-state index < -0.39 is 16.0 Å². The van der Waals surface area contributed by atoms with Crippen molar-refractivity contribution in [3.05, 3.63) is 77.9 Å². The van der Waals surface area contributed by atoms with Crippen LogP contribution >= 0.6 is 0 Å². The van der Waals surface area contributed by atoms with E-state index in [1.807, 2.05) is 6.07 Å². The molecule has 0 aliphatic heterocycles. The van der Waals surface area contributed by atoms with E-state index in [-0.39, 0.29) is 30.2 Å². The minimum Gasteiger partial charge on any atom is -0.462 e. The third-order valence-electron chi connectivity index (χ3n) is 3.73. The lowest BCUT2D eigenvalue weighted by Crippen LogP contribution is -2.31. The maximum Gasteiger partial charge on any atom is 0.338 e. The molecule has 0 atom stereocenters. The van der Waals surface area contributed by atoms with Gasteiger partial charge in [0.15, 0.2) is 0 Å². The van der Waals surface area contributed by atoms with E-state index in [0.717, 1.165) is 0 Å². The van der Waals surface area contributed by atoms with Gasteiger partial charge in [0.2, 0.25) is 10.0 Å². The molecule has 0 saturated heterocycles. The Morgan fingerprint density at radius 2 is 2.00 bits per heavy atom. The highest BCUT2D eigenvalue weighted by atomic mass is 32.2. The first-order chi connectivity index (χ1) is 12.9. The minimum atomic E-state index is -3.88. The summed E-state index contributed by atoms with van der Waals surface area (Å²) < 4.78 is 32.3. The summed E-state index contributed by atoms with van der Waals surface area (Å²) in [5.41, 5.74) is 1.30. The molecule has 0 bridgehead atoms. The van der Waals surface area contributed by atoms with Crippen LogP contribution in [0.4, 0.5) is 0 Å². The third kappa shape index (κ3) is 5.03. The summed E-state index contributed by atoms with van der Waals surface area (Å²) in [5.74, 6) is -0.577. The minimum absolute atomic E-state index is 0.00802. The fraction of sp³-hybridized carbons (Fsp3) is 0.200. The molecule has 2 aromatic rings. The monoisotopic (exact) mass is 384 g/mol. The van der Waals surface area contributed by atoms with Crippen molar-refractivity contribution in [2.75, 3.05) is 13.2 Å². The Morgan fingerprint density at radius 3 is 2.67 bits per heavy atom. The van der Waals surface area contributed by atoms with Crippen LogP contribution in [0.2, 0.25) is 0 Å². The number of hydrogen-bond donors (Lipinski definition) is 0. The standard InChI is InChI=1S/C20H20N2O4S/c1-3-11-22(15-17-8-5-7-16(12-17)14-21)27(24,25)19-10-6-9-18(13-19)20(23)26-4-2/h3,5-10,12-13H,1,4,11,15H2,2H3. The zero-order chi connectivity index (χ0) is 19.9. The first-order valence-electron chi connectivity index (χ1n) is 8.29. The van der Waals surface area contributed by atoms with Gasteiger partial charge < -0.3 is 4.74 Å². The summed E-state index contributed by atoms with van der Waals surface area (Å²) in [4.78, 5) is 11.9. The number of hydrogen-bond acceptors (Lipinski definition) is 5. The Morgan fingerprint density at radius 1 is 1.26 bits per heavy atom. The molecular weight excluding hydrogens is 364 g/mol. The summed E-state index contributed by atoms with van der Waals surface area (Å²) in [5, 5.41) is 9.02. The number of esters is 1. The van der Waals surface area contributed by atoms with E-state index in [0.29, 0.717) is 11.1 Å². The quantitative estimate of drug-likeness (QED) is 0.515. The first kappa shape index (κ1) is 20.4. The predicted molar refractivity (Wildman–Crippen MR) is 101 cm³/mol. The fourth-order valence-electron chi connectivity index (χ4n) is 2.48. The van der Waals surface area contributed by atoms with Gasteiger partial charge in [-0.3, -0.25) is 0 Å². The smallest absolute Gasteiger partial charge is 0.338 e. The lowest BCUT2D eigenvalue weighted by molar-refractivity contribution is 0.0526. The maximum atomic E-state index is 13.1. The molecule has 0 unspecified atom stereocenters. The predicted octanol–water partition coefficient (Wildman–Crippen LogP) is 3.11. The van der Waals surface area contributed by atoms with Gasteiger partial charge in [-0.15, -0.1) is 6.58 Å². The van der Waals surface area contributed by atoms with Crippen molar-refractivity contribution in [1.82, 2.24) is 4.31 Å². The molecule has 7 heteroatoms. The largest absolute Gasteiger partial charge is 0.462 e. The number of nitrogens with zero attached hydrogens (tertiary/aromatic N) is 2. The van der Waals surface area contributed by atoms with Crippen LogP contribution in [0.3, 0.4) is 0 Å². The van der Waals surface area contributed by atoms with Crippen LogP contribution in [0, 0.1) is 11.3 Å². The second-order valence-corrected chi connectivity index (χ2v) is 7.58. The Labute approximate surface area is 159 Å². The Kier molecular flexibility index (Phi) is 6.88.